The predicted octanol–water partition coefficient (Wildman–Crippen LogP) is 0.928. The van der Waals surface area contributed by atoms with E-state index in [9.17, 15) is 8.42 Å². The quantitative estimate of drug-likeness (QED) is 0.692. The number of nitrogens with zero attached hydrogens (tertiary/aromatic N) is 1. The summed E-state index contributed by atoms with van der Waals surface area (Å²) in [4.78, 5) is 4.99. The van der Waals surface area contributed by atoms with E-state index in [0.717, 1.165) is 11.1 Å². The highest BCUT2D eigenvalue weighted by Gasteiger charge is 2.04. The number of thiazole rings is 1. The first-order valence-electron chi connectivity index (χ1n) is 3.23. The largest absolute Gasteiger partial charge is 0.264 e. The van der Waals surface area contributed by atoms with E-state index in [1.807, 2.05) is 6.92 Å². The maximum atomic E-state index is 10.6. The maximum Gasteiger partial charge on any atom is 0.264 e. The highest BCUT2D eigenvalue weighted by molar-refractivity contribution is 7.85. The second kappa shape index (κ2) is 3.51. The first kappa shape index (κ1) is 9.63. The molecule has 0 radical (unpaired) electrons. The van der Waals surface area contributed by atoms with Gasteiger partial charge in [0.1, 0.15) is 11.6 Å². The number of hydrogen-bond acceptors (Lipinski definition) is 5. The van der Waals surface area contributed by atoms with Gasteiger partial charge in [-0.05, 0) is 6.92 Å². The molecule has 1 rings (SSSR count). The Hall–Kier alpha value is -0.460. The van der Waals surface area contributed by atoms with Crippen molar-refractivity contribution in [1.29, 1.82) is 0 Å². The zero-order chi connectivity index (χ0) is 9.19. The van der Waals surface area contributed by atoms with Gasteiger partial charge in [0.05, 0.1) is 6.26 Å². The van der Waals surface area contributed by atoms with Gasteiger partial charge in [-0.25, -0.2) is 4.98 Å². The molecule has 0 atom stereocenters. The van der Waals surface area contributed by atoms with Gasteiger partial charge < -0.3 is 0 Å². The van der Waals surface area contributed by atoms with E-state index < -0.39 is 10.1 Å². The van der Waals surface area contributed by atoms with Gasteiger partial charge in [-0.2, -0.15) is 8.42 Å². The molecule has 0 aliphatic carbocycles. The molecule has 0 spiro atoms. The molecule has 0 amide bonds. The number of aromatic nitrogens is 1. The second-order valence-electron chi connectivity index (χ2n) is 2.33. The topological polar surface area (TPSA) is 56.3 Å². The van der Waals surface area contributed by atoms with Crippen molar-refractivity contribution in [3.63, 3.8) is 0 Å². The summed E-state index contributed by atoms with van der Waals surface area (Å²) in [6.45, 7) is 1.94. The Labute approximate surface area is 75.3 Å². The van der Waals surface area contributed by atoms with E-state index in [-0.39, 0.29) is 6.61 Å². The number of rotatable bonds is 3. The van der Waals surface area contributed by atoms with Crippen LogP contribution in [0.15, 0.2) is 6.20 Å². The zero-order valence-electron chi connectivity index (χ0n) is 6.77. The van der Waals surface area contributed by atoms with Crippen LogP contribution in [0.25, 0.3) is 0 Å². The molecule has 6 heteroatoms. The molecule has 0 aliphatic heterocycles. The van der Waals surface area contributed by atoms with Crippen LogP contribution in [0.1, 0.15) is 9.88 Å². The maximum absolute atomic E-state index is 10.6. The molecule has 0 saturated heterocycles. The minimum absolute atomic E-state index is 0.0390. The van der Waals surface area contributed by atoms with E-state index in [1.165, 1.54) is 11.3 Å². The first-order valence-corrected chi connectivity index (χ1v) is 5.86. The van der Waals surface area contributed by atoms with Gasteiger partial charge in [0, 0.05) is 11.1 Å². The van der Waals surface area contributed by atoms with Crippen molar-refractivity contribution in [1.82, 2.24) is 4.98 Å². The van der Waals surface area contributed by atoms with E-state index in [1.54, 1.807) is 6.20 Å². The normalized spacial score (nSPS) is 11.8. The lowest BCUT2D eigenvalue weighted by Crippen LogP contribution is -2.01. The molecule has 0 unspecified atom stereocenters. The van der Waals surface area contributed by atoms with Gasteiger partial charge in [-0.1, -0.05) is 0 Å². The van der Waals surface area contributed by atoms with Crippen LogP contribution in [0.4, 0.5) is 0 Å². The van der Waals surface area contributed by atoms with Crippen LogP contribution in [0.3, 0.4) is 0 Å². The Kier molecular flexibility index (Phi) is 2.81. The Morgan fingerprint density at radius 1 is 1.67 bits per heavy atom. The monoisotopic (exact) mass is 207 g/mol. The third-order valence-corrected chi connectivity index (χ3v) is 2.50. The Morgan fingerprint density at radius 3 is 2.75 bits per heavy atom. The zero-order valence-corrected chi connectivity index (χ0v) is 8.41. The lowest BCUT2D eigenvalue weighted by Gasteiger charge is -1.95. The lowest BCUT2D eigenvalue weighted by molar-refractivity contribution is 0.311. The third kappa shape index (κ3) is 3.29. The molecule has 0 saturated carbocycles. The fourth-order valence-corrected chi connectivity index (χ4v) is 1.73. The molecule has 1 heterocycles. The lowest BCUT2D eigenvalue weighted by atomic mass is 10.6. The van der Waals surface area contributed by atoms with Gasteiger partial charge in [-0.15, -0.1) is 11.3 Å². The van der Waals surface area contributed by atoms with Crippen molar-refractivity contribution in [2.45, 2.75) is 13.5 Å². The summed E-state index contributed by atoms with van der Waals surface area (Å²) in [7, 11) is -3.35. The van der Waals surface area contributed by atoms with E-state index in [4.69, 9.17) is 0 Å². The van der Waals surface area contributed by atoms with Crippen molar-refractivity contribution >= 4 is 21.5 Å². The highest BCUT2D eigenvalue weighted by atomic mass is 32.2. The summed E-state index contributed by atoms with van der Waals surface area (Å²) in [5.74, 6) is 0. The molecule has 0 bridgehead atoms. The summed E-state index contributed by atoms with van der Waals surface area (Å²) in [6, 6.07) is 0. The Balaban J connectivity index is 2.55. The number of hydrogen-bond donors (Lipinski definition) is 0. The van der Waals surface area contributed by atoms with E-state index >= 15 is 0 Å². The van der Waals surface area contributed by atoms with Crippen molar-refractivity contribution in [3.05, 3.63) is 16.1 Å². The minimum Gasteiger partial charge on any atom is -0.263 e. The fourth-order valence-electron chi connectivity index (χ4n) is 0.626. The van der Waals surface area contributed by atoms with Crippen LogP contribution in [0.2, 0.25) is 0 Å². The van der Waals surface area contributed by atoms with Crippen molar-refractivity contribution in [3.8, 4) is 0 Å². The molecule has 1 aromatic heterocycles. The smallest absolute Gasteiger partial charge is 0.263 e. The summed E-state index contributed by atoms with van der Waals surface area (Å²) >= 11 is 1.43. The number of aryl methyl sites for hydroxylation is 1. The summed E-state index contributed by atoms with van der Waals surface area (Å²) in [6.07, 6.45) is 2.71. The van der Waals surface area contributed by atoms with Crippen LogP contribution >= 0.6 is 11.3 Å². The molecule has 0 N–H and O–H groups in total. The van der Waals surface area contributed by atoms with Crippen molar-refractivity contribution in [2.24, 2.45) is 0 Å². The molecule has 0 fully saturated rings. The van der Waals surface area contributed by atoms with Crippen molar-refractivity contribution in [2.75, 3.05) is 6.26 Å². The minimum atomic E-state index is -3.35. The first-order chi connectivity index (χ1) is 5.47. The Bertz CT molecular complexity index is 355. The van der Waals surface area contributed by atoms with Gasteiger partial charge in [0.15, 0.2) is 0 Å². The molecular weight excluding hydrogens is 198 g/mol. The van der Waals surface area contributed by atoms with Crippen LogP contribution in [0, 0.1) is 6.92 Å². The third-order valence-electron chi connectivity index (χ3n) is 1.07. The van der Waals surface area contributed by atoms with Gasteiger partial charge in [0.2, 0.25) is 0 Å². The highest BCUT2D eigenvalue weighted by Crippen LogP contribution is 2.12. The van der Waals surface area contributed by atoms with Gasteiger partial charge >= 0.3 is 0 Å². The average molecular weight is 207 g/mol. The standard InChI is InChI=1S/C6H9NO3S2/c1-5-3-7-6(11-5)4-10-12(2,8)9/h3H,4H2,1-2H3. The summed E-state index contributed by atoms with van der Waals surface area (Å²) in [5, 5.41) is 0.679. The van der Waals surface area contributed by atoms with Crippen LogP contribution < -0.4 is 0 Å². The van der Waals surface area contributed by atoms with Gasteiger partial charge in [-0.3, -0.25) is 4.18 Å². The molecule has 1 aromatic rings. The SMILES string of the molecule is Cc1cnc(COS(C)(=O)=O)s1. The predicted molar refractivity (Wildman–Crippen MR) is 46.5 cm³/mol. The molecule has 0 aromatic carbocycles. The second-order valence-corrected chi connectivity index (χ2v) is 5.29. The van der Waals surface area contributed by atoms with Crippen LogP contribution in [0.5, 0.6) is 0 Å². The molecule has 68 valence electrons. The summed E-state index contributed by atoms with van der Waals surface area (Å²) in [5.41, 5.74) is 0. The van der Waals surface area contributed by atoms with Crippen LogP contribution in [-0.2, 0) is 20.9 Å². The Morgan fingerprint density at radius 2 is 2.33 bits per heavy atom. The van der Waals surface area contributed by atoms with Gasteiger partial charge in [0.25, 0.3) is 10.1 Å². The average Bonchev–Trinajstić information content (AvgIpc) is 2.30. The van der Waals surface area contributed by atoms with Crippen molar-refractivity contribution < 1.29 is 12.6 Å². The summed E-state index contributed by atoms with van der Waals surface area (Å²) < 4.78 is 25.7. The molecule has 4 nitrogen and oxygen atoms in total. The van der Waals surface area contributed by atoms with E-state index in [2.05, 4.69) is 9.17 Å². The fraction of sp³-hybridized carbons (Fsp3) is 0.500. The van der Waals surface area contributed by atoms with Crippen LogP contribution in [-0.4, -0.2) is 19.7 Å². The molecule has 0 aliphatic rings. The van der Waals surface area contributed by atoms with E-state index in [0.29, 0.717) is 5.01 Å². The molecular formula is C6H9NO3S2. The molecule has 12 heavy (non-hydrogen) atoms.